The summed E-state index contributed by atoms with van der Waals surface area (Å²) in [6.45, 7) is 4.43. The van der Waals surface area contributed by atoms with Crippen LogP contribution in [0.5, 0.6) is 0 Å². The molecule has 1 unspecified atom stereocenters. The Morgan fingerprint density at radius 2 is 1.96 bits per heavy atom. The molecule has 0 bridgehead atoms. The maximum Gasteiger partial charge on any atom is 0.413 e. The number of alkyl halides is 3. The number of hydrogen-bond acceptors (Lipinski definition) is 3. The Kier molecular flexibility index (Phi) is 6.13. The van der Waals surface area contributed by atoms with Crippen LogP contribution < -0.4 is 5.32 Å². The van der Waals surface area contributed by atoms with Gasteiger partial charge in [0.1, 0.15) is 6.04 Å². The minimum Gasteiger partial charge on any atom is -0.339 e. The Labute approximate surface area is 138 Å². The van der Waals surface area contributed by atoms with E-state index in [9.17, 15) is 23.2 Å². The fourth-order valence-electron chi connectivity index (χ4n) is 2.21. The number of aromatic nitrogens is 1. The van der Waals surface area contributed by atoms with Crippen LogP contribution in [0.25, 0.3) is 5.57 Å². The molecule has 126 valence electrons. The summed E-state index contributed by atoms with van der Waals surface area (Å²) in [6.07, 6.45) is 3.70. The number of rotatable bonds is 5. The molecule has 0 aliphatic rings. The van der Waals surface area contributed by atoms with Gasteiger partial charge in [0.15, 0.2) is 0 Å². The van der Waals surface area contributed by atoms with Gasteiger partial charge in [-0.15, -0.1) is 6.42 Å². The van der Waals surface area contributed by atoms with Crippen molar-refractivity contribution in [2.75, 3.05) is 0 Å². The zero-order chi connectivity index (χ0) is 18.5. The van der Waals surface area contributed by atoms with Crippen molar-refractivity contribution in [3.8, 4) is 18.4 Å². The molecule has 7 heteroatoms. The summed E-state index contributed by atoms with van der Waals surface area (Å²) < 4.78 is 39.5. The smallest absolute Gasteiger partial charge is 0.339 e. The van der Waals surface area contributed by atoms with E-state index in [1.165, 1.54) is 12.4 Å². The van der Waals surface area contributed by atoms with Crippen LogP contribution in [-0.2, 0) is 4.79 Å². The van der Waals surface area contributed by atoms with Crippen molar-refractivity contribution in [1.29, 1.82) is 5.26 Å². The number of carbonyl (C=O) groups excluding carboxylic acids is 1. The average Bonchev–Trinajstić information content (AvgIpc) is 2.52. The second kappa shape index (κ2) is 7.65. The maximum absolute atomic E-state index is 13.2. The molecule has 0 aliphatic heterocycles. The van der Waals surface area contributed by atoms with E-state index in [-0.39, 0.29) is 22.6 Å². The Hall–Kier alpha value is -2.80. The molecule has 24 heavy (non-hydrogen) atoms. The van der Waals surface area contributed by atoms with Gasteiger partial charge < -0.3 is 5.32 Å². The van der Waals surface area contributed by atoms with Crippen LogP contribution >= 0.6 is 0 Å². The summed E-state index contributed by atoms with van der Waals surface area (Å²) in [6, 6.07) is 0.668. The number of amides is 1. The van der Waals surface area contributed by atoms with Gasteiger partial charge in [-0.3, -0.25) is 9.78 Å². The molecule has 0 radical (unpaired) electrons. The highest BCUT2D eigenvalue weighted by molar-refractivity contribution is 5.85. The molecular formula is C17H16F3N3O. The van der Waals surface area contributed by atoms with Gasteiger partial charge >= 0.3 is 6.18 Å². The lowest BCUT2D eigenvalue weighted by molar-refractivity contribution is -0.109. The molecule has 1 heterocycles. The van der Waals surface area contributed by atoms with E-state index in [2.05, 4.69) is 16.2 Å². The van der Waals surface area contributed by atoms with Gasteiger partial charge in [0.2, 0.25) is 6.41 Å². The summed E-state index contributed by atoms with van der Waals surface area (Å²) in [5, 5.41) is 11.5. The number of allylic oxidation sites excluding steroid dienone is 2. The second-order valence-electron chi connectivity index (χ2n) is 5.34. The lowest BCUT2D eigenvalue weighted by atomic mass is 9.86. The average molecular weight is 335 g/mol. The standard InChI is InChI=1S/C17H16F3N3O/c1-5-12(11(4)17(18,19)20)16-13(10(2)3)7-22-8-14(16)15(6-21)23-9-24/h1,7-10,15H,2-4H3,(H,23,24)/b12-11+. The number of nitrogens with one attached hydrogen (secondary N) is 1. The third-order valence-electron chi connectivity index (χ3n) is 3.50. The minimum absolute atomic E-state index is 0.109. The number of terminal acetylenes is 1. The fourth-order valence-corrected chi connectivity index (χ4v) is 2.21. The molecule has 0 saturated carbocycles. The SMILES string of the molecule is C#C/C(=C(/C)C(F)(F)F)c1c(C(C)C)cncc1C(C#N)NC=O. The first-order valence-corrected chi connectivity index (χ1v) is 7.01. The van der Waals surface area contributed by atoms with Gasteiger partial charge in [0.05, 0.1) is 6.07 Å². The van der Waals surface area contributed by atoms with Crippen LogP contribution in [0.3, 0.4) is 0 Å². The largest absolute Gasteiger partial charge is 0.413 e. The predicted octanol–water partition coefficient (Wildman–Crippen LogP) is 3.48. The van der Waals surface area contributed by atoms with Gasteiger partial charge in [-0.25, -0.2) is 0 Å². The summed E-state index contributed by atoms with van der Waals surface area (Å²) in [5.74, 6) is 1.90. The molecule has 1 aromatic rings. The van der Waals surface area contributed by atoms with Crippen molar-refractivity contribution in [1.82, 2.24) is 10.3 Å². The number of hydrogen-bond donors (Lipinski definition) is 1. The molecule has 1 atom stereocenters. The molecule has 0 aromatic carbocycles. The lowest BCUT2D eigenvalue weighted by Crippen LogP contribution is -2.21. The van der Waals surface area contributed by atoms with E-state index in [1.54, 1.807) is 13.8 Å². The molecule has 1 amide bonds. The molecule has 0 aliphatic carbocycles. The first-order chi connectivity index (χ1) is 11.2. The van der Waals surface area contributed by atoms with Gasteiger partial charge in [-0.1, -0.05) is 19.8 Å². The van der Waals surface area contributed by atoms with Crippen LogP contribution in [0.1, 0.15) is 49.4 Å². The van der Waals surface area contributed by atoms with E-state index in [4.69, 9.17) is 6.42 Å². The summed E-state index contributed by atoms with van der Waals surface area (Å²) in [7, 11) is 0. The normalized spacial score (nSPS) is 13.5. The number of pyridine rings is 1. The third-order valence-corrected chi connectivity index (χ3v) is 3.50. The summed E-state index contributed by atoms with van der Waals surface area (Å²) in [5.41, 5.74) is -0.596. The van der Waals surface area contributed by atoms with Crippen LogP contribution in [-0.4, -0.2) is 17.6 Å². The zero-order valence-electron chi connectivity index (χ0n) is 13.4. The van der Waals surface area contributed by atoms with Crippen molar-refractivity contribution in [3.05, 3.63) is 34.7 Å². The molecular weight excluding hydrogens is 319 g/mol. The van der Waals surface area contributed by atoms with Crippen molar-refractivity contribution in [3.63, 3.8) is 0 Å². The Bertz CT molecular complexity index is 737. The summed E-state index contributed by atoms with van der Waals surface area (Å²) in [4.78, 5) is 14.7. The monoisotopic (exact) mass is 335 g/mol. The zero-order valence-corrected chi connectivity index (χ0v) is 13.4. The molecule has 0 saturated heterocycles. The first kappa shape index (κ1) is 19.2. The predicted molar refractivity (Wildman–Crippen MR) is 83.4 cm³/mol. The van der Waals surface area contributed by atoms with Gasteiger partial charge in [-0.2, -0.15) is 18.4 Å². The highest BCUT2D eigenvalue weighted by Gasteiger charge is 2.34. The van der Waals surface area contributed by atoms with Crippen LogP contribution in [0.4, 0.5) is 13.2 Å². The highest BCUT2D eigenvalue weighted by Crippen LogP contribution is 2.37. The Morgan fingerprint density at radius 3 is 2.38 bits per heavy atom. The fraction of sp³-hybridized carbons (Fsp3) is 0.353. The van der Waals surface area contributed by atoms with Crippen molar-refractivity contribution in [2.24, 2.45) is 0 Å². The van der Waals surface area contributed by atoms with Crippen LogP contribution in [0.2, 0.25) is 0 Å². The van der Waals surface area contributed by atoms with E-state index in [0.717, 1.165) is 6.92 Å². The van der Waals surface area contributed by atoms with E-state index < -0.39 is 17.8 Å². The van der Waals surface area contributed by atoms with Gasteiger partial charge in [0.25, 0.3) is 0 Å². The van der Waals surface area contributed by atoms with Gasteiger partial charge in [-0.05, 0) is 18.4 Å². The van der Waals surface area contributed by atoms with Crippen molar-refractivity contribution >= 4 is 12.0 Å². The highest BCUT2D eigenvalue weighted by atomic mass is 19.4. The minimum atomic E-state index is -4.61. The van der Waals surface area contributed by atoms with Crippen molar-refractivity contribution in [2.45, 2.75) is 38.9 Å². The number of halogens is 3. The van der Waals surface area contributed by atoms with E-state index in [1.807, 2.05) is 6.07 Å². The lowest BCUT2D eigenvalue weighted by Gasteiger charge is -2.21. The van der Waals surface area contributed by atoms with Gasteiger partial charge in [0, 0.05) is 34.7 Å². The Morgan fingerprint density at radius 1 is 1.38 bits per heavy atom. The van der Waals surface area contributed by atoms with Crippen molar-refractivity contribution < 1.29 is 18.0 Å². The van der Waals surface area contributed by atoms with Crippen LogP contribution in [0.15, 0.2) is 18.0 Å². The third kappa shape index (κ3) is 3.94. The molecule has 1 aromatic heterocycles. The Balaban J connectivity index is 3.87. The second-order valence-corrected chi connectivity index (χ2v) is 5.34. The first-order valence-electron chi connectivity index (χ1n) is 7.01. The topological polar surface area (TPSA) is 65.8 Å². The summed E-state index contributed by atoms with van der Waals surface area (Å²) >= 11 is 0. The van der Waals surface area contributed by atoms with Crippen LogP contribution in [0, 0.1) is 23.7 Å². The molecule has 0 fully saturated rings. The quantitative estimate of drug-likeness (QED) is 0.662. The van der Waals surface area contributed by atoms with E-state index in [0.29, 0.717) is 12.0 Å². The maximum atomic E-state index is 13.2. The van der Waals surface area contributed by atoms with E-state index >= 15 is 0 Å². The number of nitrogens with zero attached hydrogens (tertiary/aromatic N) is 2. The number of nitriles is 1. The number of carbonyl (C=O) groups is 1. The molecule has 1 rings (SSSR count). The molecule has 4 nitrogen and oxygen atoms in total. The molecule has 1 N–H and O–H groups in total. The molecule has 0 spiro atoms.